The standard InChI is InChI=1S/C20H40NO8P/c1-6-8-9-10-11-13-20(23)29-18(16-26-19(22)12-7-2)17-28-30(24,25)27-15-14-21(3,4)5/h18H,6-17H2,1-5H3/p+1/t18-/m1/s1. The van der Waals surface area contributed by atoms with Crippen molar-refractivity contribution in [1.82, 2.24) is 0 Å². The van der Waals surface area contributed by atoms with Crippen LogP contribution < -0.4 is 0 Å². The van der Waals surface area contributed by atoms with Crippen LogP contribution in [0.1, 0.15) is 65.2 Å². The van der Waals surface area contributed by atoms with Crippen LogP contribution in [0.25, 0.3) is 0 Å². The van der Waals surface area contributed by atoms with E-state index >= 15 is 0 Å². The number of unbranched alkanes of at least 4 members (excludes halogenated alkanes) is 4. The third-order valence-corrected chi connectivity index (χ3v) is 5.09. The number of esters is 2. The molecule has 0 heterocycles. The van der Waals surface area contributed by atoms with E-state index in [0.29, 0.717) is 23.9 Å². The van der Waals surface area contributed by atoms with E-state index in [4.69, 9.17) is 18.5 Å². The lowest BCUT2D eigenvalue weighted by Gasteiger charge is -2.24. The second-order valence-electron chi connectivity index (χ2n) is 8.32. The molecule has 9 nitrogen and oxygen atoms in total. The first-order valence-corrected chi connectivity index (χ1v) is 12.3. The summed E-state index contributed by atoms with van der Waals surface area (Å²) in [6.07, 6.45) is 5.06. The van der Waals surface area contributed by atoms with E-state index in [1.807, 2.05) is 28.1 Å². The fourth-order valence-electron chi connectivity index (χ4n) is 2.34. The average Bonchev–Trinajstić information content (AvgIpc) is 2.62. The number of likely N-dealkylation sites (N-methyl/N-ethyl adjacent to an activating group) is 1. The average molecular weight is 455 g/mol. The molecule has 1 unspecified atom stereocenters. The summed E-state index contributed by atoms with van der Waals surface area (Å²) < 4.78 is 32.9. The van der Waals surface area contributed by atoms with Gasteiger partial charge in [0.2, 0.25) is 0 Å². The van der Waals surface area contributed by atoms with Crippen molar-refractivity contribution in [3.8, 4) is 0 Å². The third-order valence-electron chi connectivity index (χ3n) is 4.11. The molecule has 0 aromatic heterocycles. The molecule has 0 aromatic carbocycles. The molecule has 0 spiro atoms. The zero-order valence-electron chi connectivity index (χ0n) is 19.3. The summed E-state index contributed by atoms with van der Waals surface area (Å²) in [6, 6.07) is 0. The molecule has 0 aromatic rings. The van der Waals surface area contributed by atoms with Gasteiger partial charge in [-0.15, -0.1) is 0 Å². The van der Waals surface area contributed by atoms with Crippen LogP contribution in [0.3, 0.4) is 0 Å². The SMILES string of the molecule is CCCCCCCC(=O)O[C@H](COC(=O)CCC)COP(=O)(O)OCC[N+](C)(C)C. The van der Waals surface area contributed by atoms with E-state index < -0.39 is 32.5 Å². The number of rotatable bonds is 18. The molecular formula is C20H41NO8P+. The maximum absolute atomic E-state index is 12.1. The number of phosphoric ester groups is 1. The van der Waals surface area contributed by atoms with E-state index in [9.17, 15) is 19.0 Å². The number of carbonyl (C=O) groups excluding carboxylic acids is 2. The molecule has 0 saturated carbocycles. The van der Waals surface area contributed by atoms with E-state index in [1.54, 1.807) is 0 Å². The molecule has 10 heteroatoms. The molecular weight excluding hydrogens is 413 g/mol. The van der Waals surface area contributed by atoms with E-state index in [0.717, 1.165) is 25.7 Å². The van der Waals surface area contributed by atoms with Crippen molar-refractivity contribution in [3.05, 3.63) is 0 Å². The monoisotopic (exact) mass is 454 g/mol. The number of hydrogen-bond donors (Lipinski definition) is 1. The van der Waals surface area contributed by atoms with Gasteiger partial charge in [-0.3, -0.25) is 18.6 Å². The van der Waals surface area contributed by atoms with Crippen LogP contribution in [-0.2, 0) is 32.7 Å². The molecule has 0 fully saturated rings. The van der Waals surface area contributed by atoms with Gasteiger partial charge in [0.25, 0.3) is 0 Å². The van der Waals surface area contributed by atoms with Gasteiger partial charge < -0.3 is 18.9 Å². The van der Waals surface area contributed by atoms with Crippen molar-refractivity contribution < 1.29 is 42.1 Å². The zero-order chi connectivity index (χ0) is 23.0. The van der Waals surface area contributed by atoms with Gasteiger partial charge in [0.1, 0.15) is 19.8 Å². The van der Waals surface area contributed by atoms with Crippen molar-refractivity contribution >= 4 is 19.8 Å². The quantitative estimate of drug-likeness (QED) is 0.145. The fourth-order valence-corrected chi connectivity index (χ4v) is 3.08. The van der Waals surface area contributed by atoms with E-state index in [2.05, 4.69) is 6.92 Å². The summed E-state index contributed by atoms with van der Waals surface area (Å²) in [4.78, 5) is 33.5. The van der Waals surface area contributed by atoms with Gasteiger partial charge in [0.15, 0.2) is 6.10 Å². The molecule has 30 heavy (non-hydrogen) atoms. The molecule has 0 saturated heterocycles. The maximum Gasteiger partial charge on any atom is 0.472 e. The molecule has 0 radical (unpaired) electrons. The molecule has 0 rings (SSSR count). The van der Waals surface area contributed by atoms with Crippen LogP contribution in [0.2, 0.25) is 0 Å². The van der Waals surface area contributed by atoms with Crippen LogP contribution >= 0.6 is 7.82 Å². The lowest BCUT2D eigenvalue weighted by molar-refractivity contribution is -0.870. The van der Waals surface area contributed by atoms with Crippen LogP contribution in [0.5, 0.6) is 0 Å². The van der Waals surface area contributed by atoms with Gasteiger partial charge in [-0.25, -0.2) is 4.57 Å². The van der Waals surface area contributed by atoms with Gasteiger partial charge in [0.05, 0.1) is 27.7 Å². The Morgan fingerprint density at radius 3 is 2.17 bits per heavy atom. The number of nitrogens with zero attached hydrogens (tertiary/aromatic N) is 1. The highest BCUT2D eigenvalue weighted by molar-refractivity contribution is 7.47. The predicted molar refractivity (Wildman–Crippen MR) is 114 cm³/mol. The molecule has 0 bridgehead atoms. The largest absolute Gasteiger partial charge is 0.472 e. The summed E-state index contributed by atoms with van der Waals surface area (Å²) in [5.74, 6) is -0.880. The highest BCUT2D eigenvalue weighted by Gasteiger charge is 2.26. The Morgan fingerprint density at radius 2 is 1.57 bits per heavy atom. The Kier molecular flexibility index (Phi) is 15.2. The van der Waals surface area contributed by atoms with E-state index in [-0.39, 0.29) is 26.1 Å². The summed E-state index contributed by atoms with van der Waals surface area (Å²) in [6.45, 7) is 3.86. The topological polar surface area (TPSA) is 108 Å². The lowest BCUT2D eigenvalue weighted by atomic mass is 10.1. The van der Waals surface area contributed by atoms with Crippen LogP contribution in [-0.4, -0.2) is 74.9 Å². The number of ether oxygens (including phenoxy) is 2. The minimum atomic E-state index is -4.31. The van der Waals surface area contributed by atoms with Crippen LogP contribution in [0.15, 0.2) is 0 Å². The first-order chi connectivity index (χ1) is 14.0. The highest BCUT2D eigenvalue weighted by atomic mass is 31.2. The summed E-state index contributed by atoms with van der Waals surface area (Å²) in [5.41, 5.74) is 0. The number of quaternary nitrogens is 1. The Balaban J connectivity index is 4.58. The Morgan fingerprint density at radius 1 is 0.900 bits per heavy atom. The maximum atomic E-state index is 12.1. The predicted octanol–water partition coefficient (Wildman–Crippen LogP) is 3.44. The van der Waals surface area contributed by atoms with Gasteiger partial charge in [0, 0.05) is 12.8 Å². The van der Waals surface area contributed by atoms with E-state index in [1.165, 1.54) is 0 Å². The third kappa shape index (κ3) is 17.8. The second-order valence-corrected chi connectivity index (χ2v) is 9.77. The highest BCUT2D eigenvalue weighted by Crippen LogP contribution is 2.43. The Labute approximate surface area is 181 Å². The van der Waals surface area contributed by atoms with Crippen molar-refractivity contribution in [2.45, 2.75) is 71.3 Å². The van der Waals surface area contributed by atoms with Gasteiger partial charge >= 0.3 is 19.8 Å². The number of phosphoric acid groups is 1. The smallest absolute Gasteiger partial charge is 0.462 e. The summed E-state index contributed by atoms with van der Waals surface area (Å²) in [5, 5.41) is 0. The molecule has 0 aliphatic heterocycles. The second kappa shape index (κ2) is 15.8. The first kappa shape index (κ1) is 29.0. The molecule has 2 atom stereocenters. The van der Waals surface area contributed by atoms with Crippen molar-refractivity contribution in [2.24, 2.45) is 0 Å². The number of hydrogen-bond acceptors (Lipinski definition) is 7. The molecule has 0 aliphatic carbocycles. The summed E-state index contributed by atoms with van der Waals surface area (Å²) >= 11 is 0. The minimum Gasteiger partial charge on any atom is -0.462 e. The van der Waals surface area contributed by atoms with Crippen molar-refractivity contribution in [2.75, 3.05) is 47.5 Å². The van der Waals surface area contributed by atoms with Gasteiger partial charge in [-0.2, -0.15) is 0 Å². The lowest BCUT2D eigenvalue weighted by Crippen LogP contribution is -2.37. The minimum absolute atomic E-state index is 0.0327. The Hall–Kier alpha value is -0.990. The molecule has 178 valence electrons. The van der Waals surface area contributed by atoms with Crippen molar-refractivity contribution in [1.29, 1.82) is 0 Å². The first-order valence-electron chi connectivity index (χ1n) is 10.8. The fraction of sp³-hybridized carbons (Fsp3) is 0.900. The van der Waals surface area contributed by atoms with Crippen LogP contribution in [0, 0.1) is 0 Å². The molecule has 1 N–H and O–H groups in total. The number of carbonyl (C=O) groups is 2. The van der Waals surface area contributed by atoms with Gasteiger partial charge in [-0.05, 0) is 12.8 Å². The normalized spacial score (nSPS) is 14.7. The van der Waals surface area contributed by atoms with Crippen LogP contribution in [0.4, 0.5) is 0 Å². The summed E-state index contributed by atoms with van der Waals surface area (Å²) in [7, 11) is 1.46. The van der Waals surface area contributed by atoms with Gasteiger partial charge in [-0.1, -0.05) is 39.5 Å². The molecule has 0 aliphatic rings. The zero-order valence-corrected chi connectivity index (χ0v) is 20.2. The molecule has 0 amide bonds. The van der Waals surface area contributed by atoms with Crippen molar-refractivity contribution in [3.63, 3.8) is 0 Å². The Bertz CT molecular complexity index is 535.